The highest BCUT2D eigenvalue weighted by molar-refractivity contribution is 7.09. The van der Waals surface area contributed by atoms with Crippen molar-refractivity contribution < 1.29 is 4.74 Å². The summed E-state index contributed by atoms with van der Waals surface area (Å²) in [4.78, 5) is 12.1. The SMILES string of the molecule is CCNC(=NCC1CCN(Cc2csc(CC)n2)CC1)NCCCOCC(C)C. The third kappa shape index (κ3) is 9.92. The van der Waals surface area contributed by atoms with Gasteiger partial charge in [0.15, 0.2) is 5.96 Å². The van der Waals surface area contributed by atoms with Gasteiger partial charge in [0.05, 0.1) is 10.7 Å². The van der Waals surface area contributed by atoms with E-state index in [1.165, 1.54) is 23.5 Å². The third-order valence-corrected chi connectivity index (χ3v) is 6.10. The van der Waals surface area contributed by atoms with Gasteiger partial charge in [-0.3, -0.25) is 9.89 Å². The number of nitrogens with one attached hydrogen (secondary N) is 2. The van der Waals surface area contributed by atoms with Crippen LogP contribution < -0.4 is 10.6 Å². The number of hydrogen-bond donors (Lipinski definition) is 2. The molecule has 1 aromatic rings. The maximum absolute atomic E-state index is 5.64. The van der Waals surface area contributed by atoms with Gasteiger partial charge in [0.1, 0.15) is 0 Å². The predicted octanol–water partition coefficient (Wildman–Crippen LogP) is 3.54. The van der Waals surface area contributed by atoms with E-state index in [2.05, 4.69) is 48.6 Å². The largest absolute Gasteiger partial charge is 0.381 e. The minimum atomic E-state index is 0.601. The molecule has 0 aliphatic carbocycles. The molecule has 29 heavy (non-hydrogen) atoms. The van der Waals surface area contributed by atoms with Crippen LogP contribution in [0.1, 0.15) is 57.7 Å². The van der Waals surface area contributed by atoms with E-state index in [0.29, 0.717) is 11.8 Å². The van der Waals surface area contributed by atoms with Gasteiger partial charge in [0.25, 0.3) is 0 Å². The number of aromatic nitrogens is 1. The summed E-state index contributed by atoms with van der Waals surface area (Å²) >= 11 is 1.79. The van der Waals surface area contributed by atoms with Crippen molar-refractivity contribution >= 4 is 17.3 Å². The summed E-state index contributed by atoms with van der Waals surface area (Å²) < 4.78 is 5.64. The summed E-state index contributed by atoms with van der Waals surface area (Å²) in [5, 5.41) is 10.3. The molecule has 1 aliphatic heterocycles. The molecule has 7 heteroatoms. The number of ether oxygens (including phenoxy) is 1. The van der Waals surface area contributed by atoms with E-state index in [4.69, 9.17) is 14.7 Å². The highest BCUT2D eigenvalue weighted by Crippen LogP contribution is 2.20. The number of rotatable bonds is 12. The van der Waals surface area contributed by atoms with Crippen LogP contribution in [0.15, 0.2) is 10.4 Å². The van der Waals surface area contributed by atoms with Gasteiger partial charge in [-0.05, 0) is 57.5 Å². The zero-order valence-electron chi connectivity index (χ0n) is 18.9. The molecule has 0 saturated carbocycles. The van der Waals surface area contributed by atoms with Gasteiger partial charge in [-0.2, -0.15) is 0 Å². The second-order valence-corrected chi connectivity index (χ2v) is 9.22. The number of hydrogen-bond acceptors (Lipinski definition) is 5. The van der Waals surface area contributed by atoms with E-state index in [9.17, 15) is 0 Å². The molecule has 0 amide bonds. The Hall–Kier alpha value is -1.18. The van der Waals surface area contributed by atoms with Crippen molar-refractivity contribution in [2.45, 2.75) is 59.9 Å². The molecule has 0 aromatic carbocycles. The first kappa shape index (κ1) is 24.1. The minimum Gasteiger partial charge on any atom is -0.381 e. The summed E-state index contributed by atoms with van der Waals surface area (Å²) in [7, 11) is 0. The van der Waals surface area contributed by atoms with Gasteiger partial charge >= 0.3 is 0 Å². The van der Waals surface area contributed by atoms with Gasteiger partial charge in [0.2, 0.25) is 0 Å². The predicted molar refractivity (Wildman–Crippen MR) is 124 cm³/mol. The molecular weight excluding hydrogens is 382 g/mol. The number of aliphatic imine (C=N–C) groups is 1. The summed E-state index contributed by atoms with van der Waals surface area (Å²) in [5.41, 5.74) is 1.24. The summed E-state index contributed by atoms with van der Waals surface area (Å²) in [6.45, 7) is 16.3. The quantitative estimate of drug-likeness (QED) is 0.306. The number of likely N-dealkylation sites (tertiary alicyclic amines) is 1. The molecule has 2 rings (SSSR count). The first-order valence-electron chi connectivity index (χ1n) is 11.4. The van der Waals surface area contributed by atoms with Crippen LogP contribution >= 0.6 is 11.3 Å². The zero-order valence-corrected chi connectivity index (χ0v) is 19.7. The molecule has 1 fully saturated rings. The Morgan fingerprint density at radius 2 is 2.10 bits per heavy atom. The fourth-order valence-corrected chi connectivity index (χ4v) is 4.14. The van der Waals surface area contributed by atoms with E-state index in [1.807, 2.05) is 0 Å². The maximum atomic E-state index is 5.64. The molecular formula is C22H41N5OS. The maximum Gasteiger partial charge on any atom is 0.191 e. The Labute approximate surface area is 181 Å². The fourth-order valence-electron chi connectivity index (χ4n) is 3.40. The average Bonchev–Trinajstić information content (AvgIpc) is 3.17. The van der Waals surface area contributed by atoms with Crippen LogP contribution in [0.5, 0.6) is 0 Å². The molecule has 2 N–H and O–H groups in total. The van der Waals surface area contributed by atoms with Crippen molar-refractivity contribution in [3.8, 4) is 0 Å². The standard InChI is InChI=1S/C22H41N5OS/c1-5-21-26-20(17-29-21)15-27-11-8-19(9-12-27)14-25-22(23-6-2)24-10-7-13-28-16-18(3)4/h17-19H,5-16H2,1-4H3,(H2,23,24,25). The van der Waals surface area contributed by atoms with Crippen molar-refractivity contribution in [3.05, 3.63) is 16.1 Å². The van der Waals surface area contributed by atoms with Gasteiger partial charge < -0.3 is 15.4 Å². The van der Waals surface area contributed by atoms with Crippen molar-refractivity contribution in [2.24, 2.45) is 16.8 Å². The zero-order chi connectivity index (χ0) is 20.9. The lowest BCUT2D eigenvalue weighted by atomic mass is 9.97. The third-order valence-electron chi connectivity index (χ3n) is 5.06. The van der Waals surface area contributed by atoms with Crippen LogP contribution in [0.3, 0.4) is 0 Å². The number of guanidine groups is 1. The molecule has 0 spiro atoms. The van der Waals surface area contributed by atoms with E-state index in [-0.39, 0.29) is 0 Å². The molecule has 2 heterocycles. The van der Waals surface area contributed by atoms with E-state index < -0.39 is 0 Å². The molecule has 166 valence electrons. The van der Waals surface area contributed by atoms with Crippen molar-refractivity contribution in [1.82, 2.24) is 20.5 Å². The molecule has 6 nitrogen and oxygen atoms in total. The first-order chi connectivity index (χ1) is 14.1. The number of aryl methyl sites for hydroxylation is 1. The lowest BCUT2D eigenvalue weighted by Gasteiger charge is -2.30. The number of piperidine rings is 1. The Morgan fingerprint density at radius 1 is 1.31 bits per heavy atom. The molecule has 1 saturated heterocycles. The molecule has 0 unspecified atom stereocenters. The molecule has 1 aromatic heterocycles. The van der Waals surface area contributed by atoms with E-state index in [1.54, 1.807) is 11.3 Å². The first-order valence-corrected chi connectivity index (χ1v) is 12.2. The summed E-state index contributed by atoms with van der Waals surface area (Å²) in [6.07, 6.45) is 4.48. The smallest absolute Gasteiger partial charge is 0.191 e. The number of nitrogens with zero attached hydrogens (tertiary/aromatic N) is 3. The minimum absolute atomic E-state index is 0.601. The van der Waals surface area contributed by atoms with Crippen molar-refractivity contribution in [2.75, 3.05) is 45.9 Å². The molecule has 0 radical (unpaired) electrons. The van der Waals surface area contributed by atoms with Gasteiger partial charge in [0, 0.05) is 44.8 Å². The topological polar surface area (TPSA) is 61.8 Å². The Bertz CT molecular complexity index is 582. The summed E-state index contributed by atoms with van der Waals surface area (Å²) in [5.74, 6) is 2.22. The van der Waals surface area contributed by atoms with Crippen LogP contribution in [-0.2, 0) is 17.7 Å². The monoisotopic (exact) mass is 423 g/mol. The van der Waals surface area contributed by atoms with Crippen molar-refractivity contribution in [1.29, 1.82) is 0 Å². The van der Waals surface area contributed by atoms with Gasteiger partial charge in [-0.1, -0.05) is 20.8 Å². The molecule has 1 aliphatic rings. The van der Waals surface area contributed by atoms with E-state index in [0.717, 1.165) is 71.3 Å². The lowest BCUT2D eigenvalue weighted by Crippen LogP contribution is -2.39. The number of thiazole rings is 1. The highest BCUT2D eigenvalue weighted by Gasteiger charge is 2.19. The Kier molecular flexibility index (Phi) is 11.6. The second kappa shape index (κ2) is 13.9. The van der Waals surface area contributed by atoms with Crippen LogP contribution in [0.4, 0.5) is 0 Å². The Morgan fingerprint density at radius 3 is 2.76 bits per heavy atom. The second-order valence-electron chi connectivity index (χ2n) is 8.27. The van der Waals surface area contributed by atoms with Gasteiger partial charge in [-0.15, -0.1) is 11.3 Å². The average molecular weight is 424 g/mol. The Balaban J connectivity index is 1.64. The van der Waals surface area contributed by atoms with Crippen LogP contribution in [0.25, 0.3) is 0 Å². The molecule has 0 bridgehead atoms. The van der Waals surface area contributed by atoms with Crippen LogP contribution in [0.2, 0.25) is 0 Å². The normalized spacial score (nSPS) is 16.5. The molecule has 0 atom stereocenters. The van der Waals surface area contributed by atoms with Crippen molar-refractivity contribution in [3.63, 3.8) is 0 Å². The van der Waals surface area contributed by atoms with Crippen LogP contribution in [0, 0.1) is 11.8 Å². The summed E-state index contributed by atoms with van der Waals surface area (Å²) in [6, 6.07) is 0. The lowest BCUT2D eigenvalue weighted by molar-refractivity contribution is 0.108. The van der Waals surface area contributed by atoms with Crippen LogP contribution in [-0.4, -0.2) is 61.8 Å². The fraction of sp³-hybridized carbons (Fsp3) is 0.818. The highest BCUT2D eigenvalue weighted by atomic mass is 32.1. The van der Waals surface area contributed by atoms with E-state index >= 15 is 0 Å². The van der Waals surface area contributed by atoms with Gasteiger partial charge in [-0.25, -0.2) is 4.98 Å².